The Bertz CT molecular complexity index is 592. The van der Waals surface area contributed by atoms with Crippen LogP contribution >= 0.6 is 11.8 Å². The van der Waals surface area contributed by atoms with Gasteiger partial charge in [-0.2, -0.15) is 0 Å². The van der Waals surface area contributed by atoms with Gasteiger partial charge in [-0.1, -0.05) is 23.8 Å². The highest BCUT2D eigenvalue weighted by atomic mass is 32.2. The minimum absolute atomic E-state index is 0.438. The summed E-state index contributed by atoms with van der Waals surface area (Å²) in [5.74, 6) is 1.63. The molecule has 2 aromatic carbocycles. The molecule has 20 heavy (non-hydrogen) atoms. The van der Waals surface area contributed by atoms with Crippen molar-refractivity contribution in [1.29, 1.82) is 0 Å². The van der Waals surface area contributed by atoms with Crippen molar-refractivity contribution in [2.75, 3.05) is 12.4 Å². The second-order valence-corrected chi connectivity index (χ2v) is 6.20. The van der Waals surface area contributed by atoms with Crippen LogP contribution in [0.3, 0.4) is 0 Å². The fourth-order valence-corrected chi connectivity index (χ4v) is 3.19. The zero-order chi connectivity index (χ0) is 13.9. The van der Waals surface area contributed by atoms with Crippen LogP contribution in [0.25, 0.3) is 0 Å². The highest BCUT2D eigenvalue weighted by molar-refractivity contribution is 7.99. The Hall–Kier alpha value is -1.45. The molecule has 104 valence electrons. The molecule has 0 saturated heterocycles. The zero-order valence-electron chi connectivity index (χ0n) is 11.5. The standard InChI is InChI=1S/C17H18O2S/c1-12-2-5-15(6-3-12)20-11-16(18)13-4-7-17-14(10-13)8-9-19-17/h2-7,10,16,18H,8-9,11H2,1H3. The van der Waals surface area contributed by atoms with Gasteiger partial charge in [-0.3, -0.25) is 0 Å². The molecule has 3 heteroatoms. The van der Waals surface area contributed by atoms with Crippen molar-refractivity contribution in [1.82, 2.24) is 0 Å². The Morgan fingerprint density at radius 1 is 1.20 bits per heavy atom. The maximum Gasteiger partial charge on any atom is 0.122 e. The molecule has 0 spiro atoms. The highest BCUT2D eigenvalue weighted by Gasteiger charge is 2.15. The molecule has 0 radical (unpaired) electrons. The second kappa shape index (κ2) is 5.90. The fourth-order valence-electron chi connectivity index (χ4n) is 2.32. The second-order valence-electron chi connectivity index (χ2n) is 5.11. The Kier molecular flexibility index (Phi) is 3.99. The van der Waals surface area contributed by atoms with Crippen molar-refractivity contribution in [2.24, 2.45) is 0 Å². The molecule has 0 aliphatic carbocycles. The number of thioether (sulfide) groups is 1. The lowest BCUT2D eigenvalue weighted by atomic mass is 10.1. The molecule has 0 aromatic heterocycles. The van der Waals surface area contributed by atoms with Gasteiger partial charge in [0.25, 0.3) is 0 Å². The van der Waals surface area contributed by atoms with Gasteiger partial charge in [0.15, 0.2) is 0 Å². The van der Waals surface area contributed by atoms with E-state index < -0.39 is 6.10 Å². The van der Waals surface area contributed by atoms with Crippen LogP contribution in [0.4, 0.5) is 0 Å². The first-order valence-corrected chi connectivity index (χ1v) is 7.84. The van der Waals surface area contributed by atoms with Gasteiger partial charge >= 0.3 is 0 Å². The van der Waals surface area contributed by atoms with Crippen molar-refractivity contribution < 1.29 is 9.84 Å². The first-order chi connectivity index (χ1) is 9.72. The number of rotatable bonds is 4. The van der Waals surface area contributed by atoms with E-state index in [1.807, 2.05) is 12.1 Å². The summed E-state index contributed by atoms with van der Waals surface area (Å²) in [5.41, 5.74) is 3.45. The van der Waals surface area contributed by atoms with E-state index in [1.54, 1.807) is 11.8 Å². The maximum absolute atomic E-state index is 10.3. The van der Waals surface area contributed by atoms with Crippen molar-refractivity contribution in [3.05, 3.63) is 59.2 Å². The summed E-state index contributed by atoms with van der Waals surface area (Å²) in [5, 5.41) is 10.3. The maximum atomic E-state index is 10.3. The Morgan fingerprint density at radius 3 is 2.80 bits per heavy atom. The lowest BCUT2D eigenvalue weighted by molar-refractivity contribution is 0.204. The van der Waals surface area contributed by atoms with Crippen molar-refractivity contribution in [3.63, 3.8) is 0 Å². The van der Waals surface area contributed by atoms with Crippen molar-refractivity contribution in [2.45, 2.75) is 24.3 Å². The van der Waals surface area contributed by atoms with Crippen LogP contribution in [0.2, 0.25) is 0 Å². The SMILES string of the molecule is Cc1ccc(SCC(O)c2ccc3c(c2)CCO3)cc1. The third-order valence-electron chi connectivity index (χ3n) is 3.53. The molecule has 2 nitrogen and oxygen atoms in total. The molecule has 0 saturated carbocycles. The highest BCUT2D eigenvalue weighted by Crippen LogP contribution is 2.30. The minimum atomic E-state index is -0.438. The van der Waals surface area contributed by atoms with E-state index in [2.05, 4.69) is 37.3 Å². The van der Waals surface area contributed by atoms with E-state index >= 15 is 0 Å². The fraction of sp³-hybridized carbons (Fsp3) is 0.294. The summed E-state index contributed by atoms with van der Waals surface area (Å²) in [4.78, 5) is 1.19. The molecular weight excluding hydrogens is 268 g/mol. The summed E-state index contributed by atoms with van der Waals surface area (Å²) in [7, 11) is 0. The summed E-state index contributed by atoms with van der Waals surface area (Å²) >= 11 is 1.68. The van der Waals surface area contributed by atoms with E-state index in [1.165, 1.54) is 16.0 Å². The first kappa shape index (κ1) is 13.5. The van der Waals surface area contributed by atoms with Gasteiger partial charge in [0.1, 0.15) is 5.75 Å². The molecule has 1 aliphatic heterocycles. The monoisotopic (exact) mass is 286 g/mol. The number of hydrogen-bond acceptors (Lipinski definition) is 3. The van der Waals surface area contributed by atoms with E-state index in [9.17, 15) is 5.11 Å². The van der Waals surface area contributed by atoms with Crippen LogP contribution < -0.4 is 4.74 Å². The van der Waals surface area contributed by atoms with Gasteiger partial charge in [0, 0.05) is 17.1 Å². The number of aliphatic hydroxyl groups is 1. The quantitative estimate of drug-likeness (QED) is 0.868. The smallest absolute Gasteiger partial charge is 0.122 e. The van der Waals surface area contributed by atoms with Crippen molar-refractivity contribution >= 4 is 11.8 Å². The summed E-state index contributed by atoms with van der Waals surface area (Å²) < 4.78 is 5.49. The Balaban J connectivity index is 1.64. The normalized spacial score (nSPS) is 14.7. The third-order valence-corrected chi connectivity index (χ3v) is 4.62. The number of ether oxygens (including phenoxy) is 1. The molecule has 0 bridgehead atoms. The van der Waals surface area contributed by atoms with Gasteiger partial charge in [0.2, 0.25) is 0 Å². The largest absolute Gasteiger partial charge is 0.493 e. The summed E-state index contributed by atoms with van der Waals surface area (Å²) in [6, 6.07) is 14.4. The van der Waals surface area contributed by atoms with E-state index in [0.29, 0.717) is 5.75 Å². The van der Waals surface area contributed by atoms with Gasteiger partial charge in [-0.15, -0.1) is 11.8 Å². The molecule has 0 amide bonds. The molecule has 0 fully saturated rings. The van der Waals surface area contributed by atoms with E-state index in [-0.39, 0.29) is 0 Å². The number of hydrogen-bond donors (Lipinski definition) is 1. The predicted molar refractivity (Wildman–Crippen MR) is 82.5 cm³/mol. The lowest BCUT2D eigenvalue weighted by Crippen LogP contribution is -2.01. The van der Waals surface area contributed by atoms with Gasteiger partial charge in [-0.25, -0.2) is 0 Å². The van der Waals surface area contributed by atoms with Crippen LogP contribution in [0, 0.1) is 6.92 Å². The van der Waals surface area contributed by atoms with Gasteiger partial charge < -0.3 is 9.84 Å². The average Bonchev–Trinajstić information content (AvgIpc) is 2.93. The number of fused-ring (bicyclic) bond motifs is 1. The third kappa shape index (κ3) is 3.00. The molecule has 1 unspecified atom stereocenters. The number of aliphatic hydroxyl groups excluding tert-OH is 1. The Labute approximate surface area is 123 Å². The molecule has 1 atom stereocenters. The average molecular weight is 286 g/mol. The van der Waals surface area contributed by atoms with Crippen LogP contribution in [0.5, 0.6) is 5.75 Å². The molecule has 1 heterocycles. The molecule has 3 rings (SSSR count). The molecule has 2 aromatic rings. The van der Waals surface area contributed by atoms with Crippen LogP contribution in [0.1, 0.15) is 22.8 Å². The van der Waals surface area contributed by atoms with Crippen LogP contribution in [-0.2, 0) is 6.42 Å². The predicted octanol–water partition coefficient (Wildman–Crippen LogP) is 3.76. The number of benzene rings is 2. The summed E-state index contributed by atoms with van der Waals surface area (Å²) in [6.45, 7) is 2.84. The van der Waals surface area contributed by atoms with Gasteiger partial charge in [-0.05, 0) is 42.3 Å². The summed E-state index contributed by atoms with van der Waals surface area (Å²) in [6.07, 6.45) is 0.508. The lowest BCUT2D eigenvalue weighted by Gasteiger charge is -2.12. The molecule has 1 aliphatic rings. The van der Waals surface area contributed by atoms with Gasteiger partial charge in [0.05, 0.1) is 12.7 Å². The van der Waals surface area contributed by atoms with E-state index in [4.69, 9.17) is 4.74 Å². The molecule has 1 N–H and O–H groups in total. The van der Waals surface area contributed by atoms with Crippen LogP contribution in [-0.4, -0.2) is 17.5 Å². The first-order valence-electron chi connectivity index (χ1n) is 6.85. The van der Waals surface area contributed by atoms with E-state index in [0.717, 1.165) is 24.3 Å². The van der Waals surface area contributed by atoms with Crippen molar-refractivity contribution in [3.8, 4) is 5.75 Å². The Morgan fingerprint density at radius 2 is 2.00 bits per heavy atom. The zero-order valence-corrected chi connectivity index (χ0v) is 12.3. The topological polar surface area (TPSA) is 29.5 Å². The minimum Gasteiger partial charge on any atom is -0.493 e. The number of aryl methyl sites for hydroxylation is 1. The van der Waals surface area contributed by atoms with Crippen LogP contribution in [0.15, 0.2) is 47.4 Å². The molecular formula is C17H18O2S.